The summed E-state index contributed by atoms with van der Waals surface area (Å²) in [6.07, 6.45) is 6.93. The number of ether oxygens (including phenoxy) is 3. The average Bonchev–Trinajstić information content (AvgIpc) is 3.03. The van der Waals surface area contributed by atoms with E-state index in [9.17, 15) is 0 Å². The smallest absolute Gasteiger partial charge is 0.191 e. The van der Waals surface area contributed by atoms with Crippen LogP contribution in [0, 0.1) is 5.41 Å². The number of nitrogen functional groups attached to an aromatic ring is 1. The Labute approximate surface area is 173 Å². The van der Waals surface area contributed by atoms with E-state index in [1.807, 2.05) is 31.2 Å². The molecule has 0 saturated carbocycles. The molecule has 0 aliphatic carbocycles. The van der Waals surface area contributed by atoms with E-state index < -0.39 is 0 Å². The van der Waals surface area contributed by atoms with Crippen LogP contribution in [-0.2, 0) is 4.74 Å². The Morgan fingerprint density at radius 3 is 2.59 bits per heavy atom. The highest BCUT2D eigenvalue weighted by molar-refractivity contribution is 6.72. The number of imidazole rings is 1. The largest absolute Gasteiger partial charge is 0.494 e. The van der Waals surface area contributed by atoms with Crippen LogP contribution in [-0.4, -0.2) is 35.5 Å². The van der Waals surface area contributed by atoms with Gasteiger partial charge in [0.1, 0.15) is 28.2 Å². The van der Waals surface area contributed by atoms with Gasteiger partial charge in [-0.3, -0.25) is 9.98 Å². The SMILES string of the molecule is CCOC1=CC=CC(=c2nc(N)c(=CC(=N)Cl)n2-c2c(OC)cccc2OC)N1. The van der Waals surface area contributed by atoms with E-state index in [0.29, 0.717) is 46.2 Å². The Morgan fingerprint density at radius 2 is 2.00 bits per heavy atom. The van der Waals surface area contributed by atoms with Gasteiger partial charge in [0.05, 0.1) is 31.9 Å². The number of nitrogens with two attached hydrogens (primary N) is 1. The van der Waals surface area contributed by atoms with Crippen LogP contribution in [0.5, 0.6) is 11.5 Å². The fourth-order valence-electron chi connectivity index (χ4n) is 2.99. The third-order valence-corrected chi connectivity index (χ3v) is 4.25. The fourth-order valence-corrected chi connectivity index (χ4v) is 3.09. The number of rotatable bonds is 6. The third kappa shape index (κ3) is 4.07. The average molecular weight is 416 g/mol. The van der Waals surface area contributed by atoms with E-state index in [1.165, 1.54) is 6.08 Å². The summed E-state index contributed by atoms with van der Waals surface area (Å²) in [6.45, 7) is 2.41. The summed E-state index contributed by atoms with van der Waals surface area (Å²) in [4.78, 5) is 4.52. The summed E-state index contributed by atoms with van der Waals surface area (Å²) in [7, 11) is 3.13. The lowest BCUT2D eigenvalue weighted by atomic mass is 10.2. The molecule has 0 amide bonds. The van der Waals surface area contributed by atoms with Crippen LogP contribution in [0.3, 0.4) is 0 Å². The van der Waals surface area contributed by atoms with Gasteiger partial charge in [-0.15, -0.1) is 0 Å². The lowest BCUT2D eigenvalue weighted by Gasteiger charge is -2.17. The van der Waals surface area contributed by atoms with E-state index in [4.69, 9.17) is 37.0 Å². The minimum Gasteiger partial charge on any atom is -0.494 e. The predicted octanol–water partition coefficient (Wildman–Crippen LogP) is 1.61. The summed E-state index contributed by atoms with van der Waals surface area (Å²) in [5.41, 5.74) is 7.91. The molecule has 0 saturated heterocycles. The maximum Gasteiger partial charge on any atom is 0.191 e. The van der Waals surface area contributed by atoms with Crippen molar-refractivity contribution in [3.05, 3.63) is 53.1 Å². The number of aromatic nitrogens is 2. The summed E-state index contributed by atoms with van der Waals surface area (Å²) in [5, 5.41) is 11.1. The van der Waals surface area contributed by atoms with E-state index >= 15 is 0 Å². The molecular formula is C20H22ClN5O3. The molecule has 1 aliphatic heterocycles. The zero-order chi connectivity index (χ0) is 21.0. The molecule has 1 aliphatic rings. The van der Waals surface area contributed by atoms with Crippen LogP contribution in [0.15, 0.2) is 42.3 Å². The Morgan fingerprint density at radius 1 is 1.31 bits per heavy atom. The van der Waals surface area contributed by atoms with Crippen molar-refractivity contribution in [2.45, 2.75) is 6.92 Å². The van der Waals surface area contributed by atoms with Crippen molar-refractivity contribution in [1.82, 2.24) is 14.9 Å². The molecule has 0 spiro atoms. The van der Waals surface area contributed by atoms with Crippen LogP contribution in [0.4, 0.5) is 5.82 Å². The number of benzene rings is 1. The van der Waals surface area contributed by atoms with Crippen LogP contribution >= 0.6 is 11.6 Å². The van der Waals surface area contributed by atoms with Gasteiger partial charge >= 0.3 is 0 Å². The van der Waals surface area contributed by atoms with Crippen molar-refractivity contribution < 1.29 is 14.2 Å². The lowest BCUT2D eigenvalue weighted by molar-refractivity contribution is 0.215. The number of nitrogens with one attached hydrogen (secondary N) is 2. The molecule has 0 atom stereocenters. The van der Waals surface area contributed by atoms with Crippen molar-refractivity contribution >= 4 is 34.4 Å². The second-order valence-corrected chi connectivity index (χ2v) is 6.31. The molecule has 29 heavy (non-hydrogen) atoms. The number of para-hydroxylation sites is 1. The third-order valence-electron chi connectivity index (χ3n) is 4.14. The van der Waals surface area contributed by atoms with E-state index in [1.54, 1.807) is 30.9 Å². The molecule has 8 nitrogen and oxygen atoms in total. The van der Waals surface area contributed by atoms with Gasteiger partial charge in [0, 0.05) is 6.08 Å². The van der Waals surface area contributed by atoms with Crippen molar-refractivity contribution in [1.29, 1.82) is 5.41 Å². The highest BCUT2D eigenvalue weighted by atomic mass is 35.5. The number of hydrogen-bond donors (Lipinski definition) is 3. The van der Waals surface area contributed by atoms with Crippen molar-refractivity contribution in [3.63, 3.8) is 0 Å². The van der Waals surface area contributed by atoms with Gasteiger partial charge in [0.15, 0.2) is 11.4 Å². The molecule has 1 aromatic heterocycles. The second-order valence-electron chi connectivity index (χ2n) is 5.91. The number of anilines is 1. The fraction of sp³-hybridized carbons (Fsp3) is 0.200. The number of dihydropyridines is 1. The highest BCUT2D eigenvalue weighted by Crippen LogP contribution is 2.30. The Balaban J connectivity index is 2.42. The zero-order valence-electron chi connectivity index (χ0n) is 16.3. The molecule has 9 heteroatoms. The van der Waals surface area contributed by atoms with Crippen molar-refractivity contribution in [2.24, 2.45) is 0 Å². The quantitative estimate of drug-likeness (QED) is 0.619. The minimum absolute atomic E-state index is 0.190. The molecule has 152 valence electrons. The van der Waals surface area contributed by atoms with Gasteiger partial charge in [-0.1, -0.05) is 23.7 Å². The van der Waals surface area contributed by atoms with Crippen molar-refractivity contribution in [2.75, 3.05) is 26.6 Å². The molecular weight excluding hydrogens is 394 g/mol. The second kappa shape index (κ2) is 8.74. The van der Waals surface area contributed by atoms with E-state index in [0.717, 1.165) is 0 Å². The number of allylic oxidation sites excluding steroid dienone is 2. The first-order chi connectivity index (χ1) is 14.0. The number of methoxy groups -OCH3 is 2. The van der Waals surface area contributed by atoms with Gasteiger partial charge in [-0.05, 0) is 31.2 Å². The number of halogens is 1. The van der Waals surface area contributed by atoms with Gasteiger partial charge < -0.3 is 25.3 Å². The number of hydrogen-bond acceptors (Lipinski definition) is 7. The van der Waals surface area contributed by atoms with Gasteiger partial charge in [0.25, 0.3) is 0 Å². The molecule has 0 unspecified atom stereocenters. The maximum absolute atomic E-state index is 7.71. The summed E-state index contributed by atoms with van der Waals surface area (Å²) < 4.78 is 18.4. The molecule has 3 rings (SSSR count). The first kappa shape index (κ1) is 20.3. The highest BCUT2D eigenvalue weighted by Gasteiger charge is 2.19. The summed E-state index contributed by atoms with van der Waals surface area (Å²) >= 11 is 5.85. The predicted molar refractivity (Wildman–Crippen MR) is 114 cm³/mol. The van der Waals surface area contributed by atoms with Crippen molar-refractivity contribution in [3.8, 4) is 17.2 Å². The molecule has 2 aromatic rings. The molecule has 2 heterocycles. The summed E-state index contributed by atoms with van der Waals surface area (Å²) in [6, 6.07) is 5.41. The van der Waals surface area contributed by atoms with Gasteiger partial charge in [-0.25, -0.2) is 4.98 Å². The molecule has 4 N–H and O–H groups in total. The van der Waals surface area contributed by atoms with Crippen LogP contribution in [0.25, 0.3) is 17.5 Å². The topological polar surface area (TPSA) is 107 Å². The first-order valence-electron chi connectivity index (χ1n) is 8.84. The molecule has 0 bridgehead atoms. The summed E-state index contributed by atoms with van der Waals surface area (Å²) in [5.74, 6) is 1.87. The monoisotopic (exact) mass is 415 g/mol. The standard InChI is InChI=1S/C20H22ClN5O3/c1-4-29-17-10-5-7-12(24-17)20-25-19(23)13(11-16(21)22)26(20)18-14(27-2)8-6-9-15(18)28-3/h5-11,22,24H,4H2,1-3H3,(H2,23,25). The normalized spacial score (nSPS) is 15.6. The first-order valence-corrected chi connectivity index (χ1v) is 9.21. The molecule has 0 fully saturated rings. The Kier molecular flexibility index (Phi) is 6.13. The van der Waals surface area contributed by atoms with Gasteiger partial charge in [-0.2, -0.15) is 0 Å². The Bertz CT molecular complexity index is 1100. The van der Waals surface area contributed by atoms with E-state index in [-0.39, 0.29) is 11.0 Å². The van der Waals surface area contributed by atoms with Crippen LogP contribution in [0.1, 0.15) is 6.92 Å². The van der Waals surface area contributed by atoms with Crippen LogP contribution in [0.2, 0.25) is 0 Å². The maximum atomic E-state index is 7.71. The number of nitrogens with zero attached hydrogens (tertiary/aromatic N) is 2. The van der Waals surface area contributed by atoms with Crippen LogP contribution < -0.4 is 31.4 Å². The lowest BCUT2D eigenvalue weighted by Crippen LogP contribution is -2.33. The van der Waals surface area contributed by atoms with Gasteiger partial charge in [0.2, 0.25) is 0 Å². The molecule has 0 radical (unpaired) electrons. The zero-order valence-corrected chi connectivity index (χ0v) is 17.1. The Hall–Kier alpha value is -3.39. The van der Waals surface area contributed by atoms with E-state index in [2.05, 4.69) is 10.3 Å². The molecule has 1 aromatic carbocycles. The minimum atomic E-state index is -0.190.